The van der Waals surface area contributed by atoms with Gasteiger partial charge in [-0.1, -0.05) is 159 Å². The van der Waals surface area contributed by atoms with Crippen LogP contribution in [-0.4, -0.2) is 0 Å². The second-order valence-corrected chi connectivity index (χ2v) is 15.2. The topological polar surface area (TPSA) is 16.4 Å². The zero-order chi connectivity index (χ0) is 36.7. The zero-order valence-corrected chi connectivity index (χ0v) is 30.8. The van der Waals surface area contributed by atoms with E-state index in [0.717, 1.165) is 44.6 Å². The van der Waals surface area contributed by atoms with Crippen molar-refractivity contribution in [1.82, 2.24) is 0 Å². The molecule has 0 atom stereocenters. The smallest absolute Gasteiger partial charge is 0.145 e. The number of benzene rings is 9. The Morgan fingerprint density at radius 1 is 0.436 bits per heavy atom. The minimum Gasteiger partial charge on any atom is -0.455 e. The van der Waals surface area contributed by atoms with Gasteiger partial charge in [0.25, 0.3) is 0 Å². The summed E-state index contributed by atoms with van der Waals surface area (Å²) in [5.41, 5.74) is 14.8. The van der Waals surface area contributed by atoms with Crippen molar-refractivity contribution in [1.29, 1.82) is 0 Å². The van der Waals surface area contributed by atoms with Gasteiger partial charge >= 0.3 is 0 Å². The molecule has 9 aromatic carbocycles. The molecule has 1 aliphatic carbocycles. The molecule has 1 aromatic heterocycles. The highest BCUT2D eigenvalue weighted by Crippen LogP contribution is 2.55. The number of hydrogen-bond donors (Lipinski definition) is 0. The molecule has 0 amide bonds. The van der Waals surface area contributed by atoms with Crippen LogP contribution in [-0.2, 0) is 5.41 Å². The van der Waals surface area contributed by atoms with Gasteiger partial charge < -0.3 is 9.32 Å². The van der Waals surface area contributed by atoms with E-state index in [1.807, 2.05) is 0 Å². The first-order chi connectivity index (χ1) is 27.1. The maximum Gasteiger partial charge on any atom is 0.145 e. The molecule has 0 spiro atoms. The summed E-state index contributed by atoms with van der Waals surface area (Å²) in [5.74, 6) is 0. The van der Waals surface area contributed by atoms with Crippen molar-refractivity contribution in [3.8, 4) is 33.4 Å². The third kappa shape index (κ3) is 4.74. The molecule has 0 saturated heterocycles. The highest BCUT2D eigenvalue weighted by atomic mass is 16.3. The van der Waals surface area contributed by atoms with Gasteiger partial charge in [0.15, 0.2) is 0 Å². The molecule has 260 valence electrons. The second-order valence-electron chi connectivity index (χ2n) is 15.2. The molecule has 1 heterocycles. The normalized spacial score (nSPS) is 13.1. The molecule has 2 nitrogen and oxygen atoms in total. The van der Waals surface area contributed by atoms with Gasteiger partial charge in [-0.05, 0) is 97.4 Å². The van der Waals surface area contributed by atoms with E-state index in [-0.39, 0.29) is 5.41 Å². The Bertz CT molecular complexity index is 3110. The molecule has 0 saturated carbocycles. The summed E-state index contributed by atoms with van der Waals surface area (Å²) in [7, 11) is 0. The van der Waals surface area contributed by atoms with E-state index >= 15 is 0 Å². The van der Waals surface area contributed by atoms with Gasteiger partial charge in [-0.2, -0.15) is 0 Å². The first-order valence-electron chi connectivity index (χ1n) is 19.1. The molecule has 1 aliphatic rings. The number of furan rings is 1. The van der Waals surface area contributed by atoms with Gasteiger partial charge in [0, 0.05) is 27.6 Å². The molecule has 2 heteroatoms. The lowest BCUT2D eigenvalue weighted by Gasteiger charge is -2.30. The maximum atomic E-state index is 6.99. The van der Waals surface area contributed by atoms with Crippen LogP contribution in [0, 0.1) is 0 Å². The van der Waals surface area contributed by atoms with Crippen LogP contribution in [0.1, 0.15) is 25.0 Å². The Morgan fingerprint density at radius 2 is 1.09 bits per heavy atom. The second kappa shape index (κ2) is 12.1. The zero-order valence-electron chi connectivity index (χ0n) is 30.8. The molecule has 0 aliphatic heterocycles. The van der Waals surface area contributed by atoms with E-state index in [2.05, 4.69) is 207 Å². The summed E-state index contributed by atoms with van der Waals surface area (Å²) < 4.78 is 6.99. The van der Waals surface area contributed by atoms with Crippen molar-refractivity contribution in [2.24, 2.45) is 0 Å². The van der Waals surface area contributed by atoms with Crippen molar-refractivity contribution >= 4 is 60.5 Å². The number of nitrogens with zero attached hydrogens (tertiary/aromatic N) is 1. The largest absolute Gasteiger partial charge is 0.455 e. The van der Waals surface area contributed by atoms with Crippen molar-refractivity contribution in [2.75, 3.05) is 4.90 Å². The van der Waals surface area contributed by atoms with E-state index in [0.29, 0.717) is 0 Å². The Balaban J connectivity index is 1.22. The standard InChI is InChI=1S/C53H37NO/c1-53(2)45-23-12-10-21-42(45)50-46(53)24-14-25-47(50)54(37-29-27-35(28-30-37)34-15-4-3-5-16-34)48-32-31-41(52-51(48)43-22-11-13-26-49(43)55-52)44-33-36-17-6-7-18-38(36)39-19-8-9-20-40(39)44/h3-33H,1-2H3. The molecule has 0 fully saturated rings. The summed E-state index contributed by atoms with van der Waals surface area (Å²) >= 11 is 0. The Morgan fingerprint density at radius 3 is 1.93 bits per heavy atom. The summed E-state index contributed by atoms with van der Waals surface area (Å²) in [6.07, 6.45) is 0. The average molecular weight is 704 g/mol. The van der Waals surface area contributed by atoms with Crippen LogP contribution in [0.2, 0.25) is 0 Å². The van der Waals surface area contributed by atoms with Gasteiger partial charge in [0.2, 0.25) is 0 Å². The van der Waals surface area contributed by atoms with E-state index in [4.69, 9.17) is 4.42 Å². The fourth-order valence-electron chi connectivity index (χ4n) is 9.25. The van der Waals surface area contributed by atoms with Gasteiger partial charge in [-0.15, -0.1) is 0 Å². The highest BCUT2D eigenvalue weighted by molar-refractivity contribution is 6.21. The molecule has 0 bridgehead atoms. The van der Waals surface area contributed by atoms with E-state index in [9.17, 15) is 0 Å². The van der Waals surface area contributed by atoms with Crippen LogP contribution in [0.25, 0.3) is 76.9 Å². The van der Waals surface area contributed by atoms with Crippen LogP contribution in [0.3, 0.4) is 0 Å². The fraction of sp³-hybridized carbons (Fsp3) is 0.0566. The SMILES string of the molecule is CC1(C)c2ccccc2-c2c(N(c3ccc(-c4ccccc4)cc3)c3ccc(-c4cc5ccccc5c5ccccc45)c4oc5ccccc5c34)cccc21. The first-order valence-corrected chi connectivity index (χ1v) is 19.1. The van der Waals surface area contributed by atoms with E-state index in [1.54, 1.807) is 0 Å². The highest BCUT2D eigenvalue weighted by Gasteiger charge is 2.38. The van der Waals surface area contributed by atoms with Crippen molar-refractivity contribution < 1.29 is 4.42 Å². The number of para-hydroxylation sites is 1. The number of anilines is 3. The Labute approximate surface area is 320 Å². The van der Waals surface area contributed by atoms with Crippen molar-refractivity contribution in [3.63, 3.8) is 0 Å². The number of rotatable bonds is 5. The summed E-state index contributed by atoms with van der Waals surface area (Å²) in [6, 6.07) is 68.3. The predicted molar refractivity (Wildman–Crippen MR) is 232 cm³/mol. The van der Waals surface area contributed by atoms with Crippen LogP contribution in [0.4, 0.5) is 17.1 Å². The van der Waals surface area contributed by atoms with Crippen molar-refractivity contribution in [3.05, 3.63) is 199 Å². The minimum atomic E-state index is -0.135. The van der Waals surface area contributed by atoms with Crippen LogP contribution in [0.5, 0.6) is 0 Å². The van der Waals surface area contributed by atoms with Crippen LogP contribution in [0.15, 0.2) is 192 Å². The monoisotopic (exact) mass is 703 g/mol. The maximum absolute atomic E-state index is 6.99. The fourth-order valence-corrected chi connectivity index (χ4v) is 9.25. The lowest BCUT2D eigenvalue weighted by atomic mass is 9.82. The minimum absolute atomic E-state index is 0.135. The van der Waals surface area contributed by atoms with E-state index in [1.165, 1.54) is 60.5 Å². The van der Waals surface area contributed by atoms with Gasteiger partial charge in [0.05, 0.1) is 16.8 Å². The van der Waals surface area contributed by atoms with Gasteiger partial charge in [0.1, 0.15) is 11.2 Å². The third-order valence-corrected chi connectivity index (χ3v) is 11.9. The number of fused-ring (bicyclic) bond motifs is 9. The first kappa shape index (κ1) is 31.6. The molecule has 0 radical (unpaired) electrons. The Kier molecular flexibility index (Phi) is 6.93. The molecule has 55 heavy (non-hydrogen) atoms. The quantitative estimate of drug-likeness (QED) is 0.166. The lowest BCUT2D eigenvalue weighted by Crippen LogP contribution is -2.16. The van der Waals surface area contributed by atoms with E-state index < -0.39 is 0 Å². The Hall–Kier alpha value is -6.90. The lowest BCUT2D eigenvalue weighted by molar-refractivity contribution is 0.660. The van der Waals surface area contributed by atoms with Gasteiger partial charge in [-0.3, -0.25) is 0 Å². The van der Waals surface area contributed by atoms with Crippen LogP contribution < -0.4 is 4.90 Å². The number of hydrogen-bond acceptors (Lipinski definition) is 2. The molecular weight excluding hydrogens is 667 g/mol. The summed E-state index contributed by atoms with van der Waals surface area (Å²) in [4.78, 5) is 2.47. The average Bonchev–Trinajstić information content (AvgIpc) is 3.75. The molecule has 10 aromatic rings. The molecular formula is C53H37NO. The molecule has 11 rings (SSSR count). The third-order valence-electron chi connectivity index (χ3n) is 11.9. The van der Waals surface area contributed by atoms with Crippen molar-refractivity contribution in [2.45, 2.75) is 19.3 Å². The van der Waals surface area contributed by atoms with Gasteiger partial charge in [-0.25, -0.2) is 0 Å². The molecule has 0 N–H and O–H groups in total. The summed E-state index contributed by atoms with van der Waals surface area (Å²) in [5, 5.41) is 7.12. The van der Waals surface area contributed by atoms with Crippen LogP contribution >= 0.6 is 0 Å². The predicted octanol–water partition coefficient (Wildman–Crippen LogP) is 15.0. The summed E-state index contributed by atoms with van der Waals surface area (Å²) in [6.45, 7) is 4.70. The molecule has 0 unspecified atom stereocenters.